The van der Waals surface area contributed by atoms with Gasteiger partial charge in [-0.15, -0.1) is 0 Å². The van der Waals surface area contributed by atoms with Gasteiger partial charge < -0.3 is 9.84 Å². The number of esters is 1. The van der Waals surface area contributed by atoms with Crippen LogP contribution in [0.5, 0.6) is 0 Å². The van der Waals surface area contributed by atoms with Gasteiger partial charge in [-0.1, -0.05) is 18.7 Å². The highest BCUT2D eigenvalue weighted by atomic mass is 16.5. The van der Waals surface area contributed by atoms with Crippen molar-refractivity contribution in [1.82, 2.24) is 0 Å². The summed E-state index contributed by atoms with van der Waals surface area (Å²) in [5.41, 5.74) is 1.27. The fourth-order valence-corrected chi connectivity index (χ4v) is 1.02. The van der Waals surface area contributed by atoms with Crippen LogP contribution in [-0.2, 0) is 20.9 Å². The van der Waals surface area contributed by atoms with Gasteiger partial charge in [0, 0.05) is 5.57 Å². The Balaban J connectivity index is 0.000000982. The van der Waals surface area contributed by atoms with Crippen molar-refractivity contribution in [3.63, 3.8) is 0 Å². The highest BCUT2D eigenvalue weighted by Crippen LogP contribution is 2.06. The Morgan fingerprint density at radius 1 is 1.37 bits per heavy atom. The molecule has 19 heavy (non-hydrogen) atoms. The minimum Gasteiger partial charge on any atom is -0.478 e. The Bertz CT molecular complexity index is 498. The van der Waals surface area contributed by atoms with Crippen molar-refractivity contribution in [2.75, 3.05) is 0 Å². The highest BCUT2D eigenvalue weighted by Gasteiger charge is 2.05. The van der Waals surface area contributed by atoms with E-state index in [1.807, 2.05) is 0 Å². The number of rotatable bonds is 4. The number of hydrogen-bond acceptors (Lipinski definition) is 5. The van der Waals surface area contributed by atoms with E-state index < -0.39 is 11.9 Å². The first-order valence-corrected chi connectivity index (χ1v) is 5.11. The van der Waals surface area contributed by atoms with Crippen LogP contribution in [0.2, 0.25) is 0 Å². The minimum atomic E-state index is -0.981. The van der Waals surface area contributed by atoms with Gasteiger partial charge in [-0.3, -0.25) is 0 Å². The molecule has 0 aliphatic carbocycles. The van der Waals surface area contributed by atoms with E-state index in [0.29, 0.717) is 5.57 Å². The molecule has 0 radical (unpaired) electrons. The van der Waals surface area contributed by atoms with Crippen LogP contribution in [0.15, 0.2) is 36.4 Å². The molecule has 0 unspecified atom stereocenters. The lowest BCUT2D eigenvalue weighted by atomic mass is 10.1. The molecule has 1 aromatic rings. The lowest BCUT2D eigenvalue weighted by molar-refractivity contribution is -0.140. The summed E-state index contributed by atoms with van der Waals surface area (Å²) >= 11 is 0. The monoisotopic (exact) mass is 263 g/mol. The number of ether oxygens (including phenoxy) is 1. The second-order valence-electron chi connectivity index (χ2n) is 3.46. The first-order valence-electron chi connectivity index (χ1n) is 5.11. The van der Waals surface area contributed by atoms with Crippen molar-refractivity contribution in [1.29, 1.82) is 5.41 Å². The number of carboxylic acid groups (broad SMARTS) is 1. The molecule has 0 aliphatic rings. The van der Waals surface area contributed by atoms with Gasteiger partial charge in [0.15, 0.2) is 0 Å². The third kappa shape index (κ3) is 6.55. The van der Waals surface area contributed by atoms with E-state index >= 15 is 0 Å². The summed E-state index contributed by atoms with van der Waals surface area (Å²) in [5.74, 6) is -1.44. The Hall–Kier alpha value is -2.72. The molecule has 0 saturated heterocycles. The van der Waals surface area contributed by atoms with Crippen LogP contribution in [0.1, 0.15) is 22.8 Å². The standard InChI is InChI=1S/C12H12O4.CHNO/c1-8(2)12(15)16-7-9-3-5-10(6-4-9)11(13)14;2-1-3/h3-6H,1,7H2,2H3,(H,13,14);2H. The van der Waals surface area contributed by atoms with Gasteiger partial charge in [0.1, 0.15) is 6.61 Å². The summed E-state index contributed by atoms with van der Waals surface area (Å²) in [6, 6.07) is 6.14. The van der Waals surface area contributed by atoms with E-state index in [0.717, 1.165) is 11.6 Å². The quantitative estimate of drug-likeness (QED) is 0.373. The van der Waals surface area contributed by atoms with E-state index in [9.17, 15) is 9.59 Å². The molecule has 0 saturated carbocycles. The lowest BCUT2D eigenvalue weighted by Gasteiger charge is -2.04. The van der Waals surface area contributed by atoms with Gasteiger partial charge in [-0.2, -0.15) is 0 Å². The maximum absolute atomic E-state index is 11.1. The summed E-state index contributed by atoms with van der Waals surface area (Å²) in [5, 5.41) is 14.1. The van der Waals surface area contributed by atoms with E-state index in [2.05, 4.69) is 6.58 Å². The van der Waals surface area contributed by atoms with Gasteiger partial charge in [0.25, 0.3) is 0 Å². The Morgan fingerprint density at radius 2 is 1.84 bits per heavy atom. The van der Waals surface area contributed by atoms with Gasteiger partial charge in [0.2, 0.25) is 6.08 Å². The molecule has 0 aromatic heterocycles. The largest absolute Gasteiger partial charge is 0.478 e. The number of carbonyl (C=O) groups is 2. The van der Waals surface area contributed by atoms with Gasteiger partial charge in [-0.25, -0.2) is 19.8 Å². The molecule has 0 aliphatic heterocycles. The molecule has 6 heteroatoms. The van der Waals surface area contributed by atoms with Crippen LogP contribution >= 0.6 is 0 Å². The van der Waals surface area contributed by atoms with E-state index in [1.165, 1.54) is 12.1 Å². The molecule has 6 nitrogen and oxygen atoms in total. The molecular formula is C13H13NO5. The highest BCUT2D eigenvalue weighted by molar-refractivity contribution is 5.88. The maximum Gasteiger partial charge on any atom is 0.335 e. The lowest BCUT2D eigenvalue weighted by Crippen LogP contribution is -2.05. The van der Waals surface area contributed by atoms with Crippen LogP contribution in [0.25, 0.3) is 0 Å². The summed E-state index contributed by atoms with van der Waals surface area (Å²) in [6.07, 6.45) is 0.750. The zero-order valence-corrected chi connectivity index (χ0v) is 10.3. The normalized spacial score (nSPS) is 8.47. The number of benzene rings is 1. The molecule has 100 valence electrons. The fraction of sp³-hybridized carbons (Fsp3) is 0.154. The predicted molar refractivity (Wildman–Crippen MR) is 66.4 cm³/mol. The van der Waals surface area contributed by atoms with Gasteiger partial charge >= 0.3 is 11.9 Å². The molecule has 1 aromatic carbocycles. The van der Waals surface area contributed by atoms with Crippen molar-refractivity contribution in [3.05, 3.63) is 47.5 Å². The number of carboxylic acids is 1. The average Bonchev–Trinajstić information content (AvgIpc) is 2.37. The smallest absolute Gasteiger partial charge is 0.335 e. The zero-order chi connectivity index (χ0) is 14.8. The van der Waals surface area contributed by atoms with Crippen LogP contribution in [-0.4, -0.2) is 23.1 Å². The van der Waals surface area contributed by atoms with Crippen molar-refractivity contribution in [2.24, 2.45) is 0 Å². The van der Waals surface area contributed by atoms with Crippen molar-refractivity contribution in [2.45, 2.75) is 13.5 Å². The van der Waals surface area contributed by atoms with Crippen LogP contribution in [0.4, 0.5) is 0 Å². The molecule has 0 heterocycles. The molecule has 0 spiro atoms. The molecule has 0 atom stereocenters. The van der Waals surface area contributed by atoms with Crippen LogP contribution in [0, 0.1) is 5.41 Å². The average molecular weight is 263 g/mol. The van der Waals surface area contributed by atoms with Gasteiger partial charge in [0.05, 0.1) is 5.56 Å². The van der Waals surface area contributed by atoms with Crippen LogP contribution < -0.4 is 0 Å². The summed E-state index contributed by atoms with van der Waals surface area (Å²) in [6.45, 7) is 5.13. The van der Waals surface area contributed by atoms with Crippen molar-refractivity contribution >= 4 is 18.0 Å². The second kappa shape index (κ2) is 8.38. The first-order chi connectivity index (χ1) is 8.92. The second-order valence-corrected chi connectivity index (χ2v) is 3.46. The topological polar surface area (TPSA) is 105 Å². The minimum absolute atomic E-state index is 0.117. The SMILES string of the molecule is C=C(C)C(=O)OCc1ccc(C(=O)O)cc1.N=C=O. The summed E-state index contributed by atoms with van der Waals surface area (Å²) in [4.78, 5) is 30.0. The number of aromatic carboxylic acids is 1. The third-order valence-electron chi connectivity index (χ3n) is 1.92. The molecular weight excluding hydrogens is 250 g/mol. The number of isocyanates is 1. The van der Waals surface area contributed by atoms with Gasteiger partial charge in [-0.05, 0) is 24.6 Å². The van der Waals surface area contributed by atoms with E-state index in [4.69, 9.17) is 20.0 Å². The van der Waals surface area contributed by atoms with Crippen LogP contribution in [0.3, 0.4) is 0 Å². The number of hydrogen-bond donors (Lipinski definition) is 2. The fourth-order valence-electron chi connectivity index (χ4n) is 1.02. The van der Waals surface area contributed by atoms with Crippen molar-refractivity contribution < 1.29 is 24.2 Å². The molecule has 0 bridgehead atoms. The molecule has 0 fully saturated rings. The summed E-state index contributed by atoms with van der Waals surface area (Å²) in [7, 11) is 0. The van der Waals surface area contributed by atoms with E-state index in [1.54, 1.807) is 19.1 Å². The first kappa shape index (κ1) is 16.3. The summed E-state index contributed by atoms with van der Waals surface area (Å²) < 4.78 is 4.90. The molecule has 0 amide bonds. The number of nitrogens with one attached hydrogen (secondary N) is 1. The Labute approximate surface area is 109 Å². The number of carbonyl (C=O) groups excluding carboxylic acids is 2. The predicted octanol–water partition coefficient (Wildman–Crippen LogP) is 1.91. The van der Waals surface area contributed by atoms with E-state index in [-0.39, 0.29) is 12.2 Å². The Morgan fingerprint density at radius 3 is 2.21 bits per heavy atom. The van der Waals surface area contributed by atoms with Crippen molar-refractivity contribution in [3.8, 4) is 0 Å². The molecule has 1 rings (SSSR count). The zero-order valence-electron chi connectivity index (χ0n) is 10.3. The maximum atomic E-state index is 11.1. The molecule has 2 N–H and O–H groups in total. The third-order valence-corrected chi connectivity index (χ3v) is 1.92. The Kier molecular flexibility index (Phi) is 7.18.